The Morgan fingerprint density at radius 3 is 1.61 bits per heavy atom. The maximum absolute atomic E-state index is 2.34. The Balaban J connectivity index is 1.21. The maximum atomic E-state index is 2.34. The Morgan fingerprint density at radius 1 is 0.289 bits per heavy atom. The first-order chi connectivity index (χ1) is 18.8. The van der Waals surface area contributed by atoms with E-state index in [4.69, 9.17) is 0 Å². The summed E-state index contributed by atoms with van der Waals surface area (Å²) in [5.41, 5.74) is 2.62. The topological polar surface area (TPSA) is 0 Å². The summed E-state index contributed by atoms with van der Waals surface area (Å²) in [6.45, 7) is 0. The van der Waals surface area contributed by atoms with Crippen LogP contribution < -0.4 is 0 Å². The van der Waals surface area contributed by atoms with Crippen LogP contribution in [0.1, 0.15) is 0 Å². The molecule has 0 spiro atoms. The van der Waals surface area contributed by atoms with Crippen LogP contribution in [0.3, 0.4) is 0 Å². The first-order valence-electron chi connectivity index (χ1n) is 12.8. The van der Waals surface area contributed by atoms with Gasteiger partial charge in [0.1, 0.15) is 0 Å². The fourth-order valence-corrected chi connectivity index (χ4v) is 7.85. The van der Waals surface area contributed by atoms with Gasteiger partial charge in [0, 0.05) is 19.5 Å². The summed E-state index contributed by atoms with van der Waals surface area (Å²) >= 11 is 3.76. The predicted octanol–water partition coefficient (Wildman–Crippen LogP) is 11.4. The van der Waals surface area contributed by atoms with Gasteiger partial charge in [0.15, 0.2) is 0 Å². The van der Waals surface area contributed by atoms with Crippen molar-refractivity contribution in [2.75, 3.05) is 0 Å². The van der Waals surface area contributed by atoms with Crippen LogP contribution >= 0.6 is 22.7 Å². The molecule has 178 valence electrons. The molecule has 0 aliphatic rings. The Kier molecular flexibility index (Phi) is 4.97. The Labute approximate surface area is 229 Å². The molecule has 0 aliphatic heterocycles. The molecular weight excluding hydrogens is 497 g/mol. The zero-order valence-electron chi connectivity index (χ0n) is 20.5. The van der Waals surface area contributed by atoms with Gasteiger partial charge in [0.05, 0.1) is 0 Å². The molecule has 0 amide bonds. The van der Waals surface area contributed by atoms with Gasteiger partial charge in [-0.2, -0.15) is 0 Å². The number of hydrogen-bond acceptors (Lipinski definition) is 2. The molecule has 0 aliphatic carbocycles. The summed E-state index contributed by atoms with van der Waals surface area (Å²) in [5, 5.41) is 10.4. The minimum Gasteiger partial charge on any atom is -0.134 e. The van der Waals surface area contributed by atoms with Crippen LogP contribution in [0.2, 0.25) is 0 Å². The van der Waals surface area contributed by atoms with E-state index < -0.39 is 0 Å². The molecule has 0 saturated heterocycles. The van der Waals surface area contributed by atoms with Crippen molar-refractivity contribution in [3.63, 3.8) is 0 Å². The fourth-order valence-electron chi connectivity index (χ4n) is 5.67. The zero-order valence-corrected chi connectivity index (χ0v) is 22.2. The summed E-state index contributed by atoms with van der Waals surface area (Å²) in [5.74, 6) is 0. The second kappa shape index (κ2) is 8.66. The molecule has 0 fully saturated rings. The summed E-state index contributed by atoms with van der Waals surface area (Å²) in [6, 6.07) is 48.9. The van der Waals surface area contributed by atoms with Crippen molar-refractivity contribution in [2.24, 2.45) is 0 Å². The van der Waals surface area contributed by atoms with Crippen LogP contribution in [-0.4, -0.2) is 0 Å². The standard InChI is InChI=1S/C36H22S2/c1-2-9-25-22-32-26(21-24(25)8-1)15-16-29-28(32)12-6-14-31(29)34-18-20-36(38-34)35-19-17-33(37-35)30-13-5-10-23-7-3-4-11-27(23)30/h1-22H. The summed E-state index contributed by atoms with van der Waals surface area (Å²) in [6.07, 6.45) is 0. The van der Waals surface area contributed by atoms with Gasteiger partial charge in [-0.1, -0.05) is 97.1 Å². The molecule has 0 N–H and O–H groups in total. The van der Waals surface area contributed by atoms with Crippen molar-refractivity contribution in [3.8, 4) is 30.6 Å². The first-order valence-corrected chi connectivity index (χ1v) is 14.5. The van der Waals surface area contributed by atoms with Crippen molar-refractivity contribution in [1.29, 1.82) is 0 Å². The lowest BCUT2D eigenvalue weighted by molar-refractivity contribution is 1.74. The van der Waals surface area contributed by atoms with Crippen molar-refractivity contribution >= 4 is 65.8 Å². The Morgan fingerprint density at radius 2 is 0.842 bits per heavy atom. The minimum atomic E-state index is 1.29. The first kappa shape index (κ1) is 21.8. The third-order valence-electron chi connectivity index (χ3n) is 7.52. The minimum absolute atomic E-state index is 1.29. The molecule has 0 radical (unpaired) electrons. The van der Waals surface area contributed by atoms with Gasteiger partial charge >= 0.3 is 0 Å². The lowest BCUT2D eigenvalue weighted by Gasteiger charge is -2.09. The number of thiophene rings is 2. The van der Waals surface area contributed by atoms with Crippen molar-refractivity contribution in [1.82, 2.24) is 0 Å². The second-order valence-corrected chi connectivity index (χ2v) is 11.9. The average Bonchev–Trinajstić information content (AvgIpc) is 3.66. The van der Waals surface area contributed by atoms with Crippen molar-refractivity contribution < 1.29 is 0 Å². The molecule has 8 aromatic rings. The summed E-state index contributed by atoms with van der Waals surface area (Å²) in [4.78, 5) is 5.27. The third-order valence-corrected chi connectivity index (χ3v) is 9.95. The highest BCUT2D eigenvalue weighted by Gasteiger charge is 2.13. The maximum Gasteiger partial charge on any atom is 0.0449 e. The van der Waals surface area contributed by atoms with E-state index in [1.165, 1.54) is 73.7 Å². The van der Waals surface area contributed by atoms with Gasteiger partial charge in [0.2, 0.25) is 0 Å². The van der Waals surface area contributed by atoms with E-state index in [1.54, 1.807) is 0 Å². The lowest BCUT2D eigenvalue weighted by Crippen LogP contribution is -1.82. The van der Waals surface area contributed by atoms with Gasteiger partial charge in [-0.25, -0.2) is 0 Å². The van der Waals surface area contributed by atoms with E-state index in [0.29, 0.717) is 0 Å². The smallest absolute Gasteiger partial charge is 0.0449 e. The number of benzene rings is 6. The molecule has 6 aromatic carbocycles. The van der Waals surface area contributed by atoms with E-state index in [0.717, 1.165) is 0 Å². The van der Waals surface area contributed by atoms with E-state index in [2.05, 4.69) is 133 Å². The summed E-state index contributed by atoms with van der Waals surface area (Å²) in [7, 11) is 0. The molecule has 2 heterocycles. The monoisotopic (exact) mass is 518 g/mol. The SMILES string of the molecule is c1ccc2cc3c(ccc4c(-c5ccc(-c6ccc(-c7cccc8ccccc78)s6)s5)cccc43)cc2c1. The average molecular weight is 519 g/mol. The fraction of sp³-hybridized carbons (Fsp3) is 0. The van der Waals surface area contributed by atoms with E-state index >= 15 is 0 Å². The van der Waals surface area contributed by atoms with Crippen molar-refractivity contribution in [2.45, 2.75) is 0 Å². The highest BCUT2D eigenvalue weighted by molar-refractivity contribution is 7.25. The molecule has 8 rings (SSSR count). The number of rotatable bonds is 3. The molecule has 0 atom stereocenters. The van der Waals surface area contributed by atoms with E-state index in [9.17, 15) is 0 Å². The van der Waals surface area contributed by atoms with Crippen LogP contribution in [0.5, 0.6) is 0 Å². The van der Waals surface area contributed by atoms with Crippen LogP contribution in [0.25, 0.3) is 73.7 Å². The number of fused-ring (bicyclic) bond motifs is 5. The van der Waals surface area contributed by atoms with Gasteiger partial charge in [-0.15, -0.1) is 22.7 Å². The van der Waals surface area contributed by atoms with Crippen LogP contribution in [0.15, 0.2) is 133 Å². The lowest BCUT2D eigenvalue weighted by atomic mass is 9.95. The molecule has 38 heavy (non-hydrogen) atoms. The third kappa shape index (κ3) is 3.49. The Hall–Kier alpha value is -4.24. The van der Waals surface area contributed by atoms with Crippen LogP contribution in [-0.2, 0) is 0 Å². The van der Waals surface area contributed by atoms with E-state index in [1.807, 2.05) is 22.7 Å². The molecule has 0 bridgehead atoms. The largest absolute Gasteiger partial charge is 0.134 e. The van der Waals surface area contributed by atoms with Gasteiger partial charge in [-0.05, 0) is 90.6 Å². The summed E-state index contributed by atoms with van der Waals surface area (Å²) < 4.78 is 0. The highest BCUT2D eigenvalue weighted by atomic mass is 32.1. The molecular formula is C36H22S2. The molecule has 0 saturated carbocycles. The van der Waals surface area contributed by atoms with Crippen molar-refractivity contribution in [3.05, 3.63) is 133 Å². The molecule has 2 heteroatoms. The number of hydrogen-bond donors (Lipinski definition) is 0. The van der Waals surface area contributed by atoms with Gasteiger partial charge in [0.25, 0.3) is 0 Å². The predicted molar refractivity (Wildman–Crippen MR) is 169 cm³/mol. The van der Waals surface area contributed by atoms with Crippen LogP contribution in [0.4, 0.5) is 0 Å². The molecule has 0 nitrogen and oxygen atoms in total. The second-order valence-electron chi connectivity index (χ2n) is 9.74. The normalized spacial score (nSPS) is 11.7. The highest BCUT2D eigenvalue weighted by Crippen LogP contribution is 2.43. The van der Waals surface area contributed by atoms with Crippen LogP contribution in [0, 0.1) is 0 Å². The molecule has 2 aromatic heterocycles. The quantitative estimate of drug-likeness (QED) is 0.161. The Bertz CT molecular complexity index is 2140. The molecule has 0 unspecified atom stereocenters. The zero-order chi connectivity index (χ0) is 25.1. The van der Waals surface area contributed by atoms with E-state index in [-0.39, 0.29) is 0 Å². The van der Waals surface area contributed by atoms with Gasteiger partial charge < -0.3 is 0 Å². The van der Waals surface area contributed by atoms with Gasteiger partial charge in [-0.3, -0.25) is 0 Å².